The Morgan fingerprint density at radius 3 is 2.19 bits per heavy atom. The highest BCUT2D eigenvalue weighted by molar-refractivity contribution is 5.85. The number of amides is 1. The van der Waals surface area contributed by atoms with Gasteiger partial charge in [0.25, 0.3) is 0 Å². The first-order valence-corrected chi connectivity index (χ1v) is 8.46. The number of nitrogens with zero attached hydrogens (tertiary/aromatic N) is 1. The SMILES string of the molecule is CC(C)C1CCN(C(=O)CC2(C(=O)O)CCCCC2)CC1. The van der Waals surface area contributed by atoms with Crippen LogP contribution >= 0.6 is 0 Å². The molecule has 0 aromatic heterocycles. The molecule has 0 unspecified atom stereocenters. The lowest BCUT2D eigenvalue weighted by atomic mass is 9.71. The predicted octanol–water partition coefficient (Wildman–Crippen LogP) is 3.31. The van der Waals surface area contributed by atoms with Crippen LogP contribution in [0.15, 0.2) is 0 Å². The van der Waals surface area contributed by atoms with Crippen molar-refractivity contribution in [2.75, 3.05) is 13.1 Å². The lowest BCUT2D eigenvalue weighted by Crippen LogP contribution is -2.44. The van der Waals surface area contributed by atoms with E-state index in [2.05, 4.69) is 13.8 Å². The minimum absolute atomic E-state index is 0.0570. The van der Waals surface area contributed by atoms with Gasteiger partial charge in [0.1, 0.15) is 0 Å². The van der Waals surface area contributed by atoms with E-state index >= 15 is 0 Å². The second-order valence-corrected chi connectivity index (χ2v) is 7.29. The molecule has 120 valence electrons. The van der Waals surface area contributed by atoms with E-state index in [4.69, 9.17) is 0 Å². The van der Waals surface area contributed by atoms with Crippen LogP contribution in [0.1, 0.15) is 65.2 Å². The highest BCUT2D eigenvalue weighted by Gasteiger charge is 2.42. The second kappa shape index (κ2) is 6.80. The van der Waals surface area contributed by atoms with Crippen molar-refractivity contribution in [3.63, 3.8) is 0 Å². The van der Waals surface area contributed by atoms with Crippen molar-refractivity contribution in [2.45, 2.75) is 65.2 Å². The van der Waals surface area contributed by atoms with E-state index < -0.39 is 11.4 Å². The normalized spacial score (nSPS) is 23.3. The molecule has 0 radical (unpaired) electrons. The Balaban J connectivity index is 1.93. The number of hydrogen-bond acceptors (Lipinski definition) is 2. The number of aliphatic carboxylic acids is 1. The number of rotatable bonds is 4. The van der Waals surface area contributed by atoms with Gasteiger partial charge in [-0.3, -0.25) is 9.59 Å². The van der Waals surface area contributed by atoms with E-state index in [0.29, 0.717) is 24.7 Å². The highest BCUT2D eigenvalue weighted by Crippen LogP contribution is 2.40. The first kappa shape index (κ1) is 16.3. The van der Waals surface area contributed by atoms with Gasteiger partial charge < -0.3 is 10.0 Å². The standard InChI is InChI=1S/C17H29NO3/c1-13(2)14-6-10-18(11-7-14)15(19)12-17(16(20)21)8-4-3-5-9-17/h13-14H,3-12H2,1-2H3,(H,20,21). The van der Waals surface area contributed by atoms with Crippen LogP contribution in [-0.2, 0) is 9.59 Å². The first-order chi connectivity index (χ1) is 9.94. The Morgan fingerprint density at radius 1 is 1.14 bits per heavy atom. The quantitative estimate of drug-likeness (QED) is 0.865. The molecule has 2 aliphatic rings. The third kappa shape index (κ3) is 3.78. The number of carbonyl (C=O) groups is 2. The summed E-state index contributed by atoms with van der Waals surface area (Å²) in [6.45, 7) is 6.09. The maximum Gasteiger partial charge on any atom is 0.310 e. The summed E-state index contributed by atoms with van der Waals surface area (Å²) >= 11 is 0. The van der Waals surface area contributed by atoms with Crippen molar-refractivity contribution >= 4 is 11.9 Å². The molecule has 1 amide bonds. The van der Waals surface area contributed by atoms with E-state index in [-0.39, 0.29) is 12.3 Å². The molecule has 0 aromatic carbocycles. The smallest absolute Gasteiger partial charge is 0.310 e. The number of carboxylic acid groups (broad SMARTS) is 1. The molecule has 1 N–H and O–H groups in total. The molecule has 4 heteroatoms. The third-order valence-corrected chi connectivity index (χ3v) is 5.59. The van der Waals surface area contributed by atoms with Gasteiger partial charge in [-0.05, 0) is 37.5 Å². The van der Waals surface area contributed by atoms with Gasteiger partial charge in [0.2, 0.25) is 5.91 Å². The minimum Gasteiger partial charge on any atom is -0.481 e. The lowest BCUT2D eigenvalue weighted by molar-refractivity contribution is -0.156. The number of piperidine rings is 1. The summed E-state index contributed by atoms with van der Waals surface area (Å²) in [6.07, 6.45) is 6.63. The summed E-state index contributed by atoms with van der Waals surface area (Å²) < 4.78 is 0. The fourth-order valence-corrected chi connectivity index (χ4v) is 3.91. The third-order valence-electron chi connectivity index (χ3n) is 5.59. The van der Waals surface area contributed by atoms with Crippen LogP contribution in [-0.4, -0.2) is 35.0 Å². The average molecular weight is 295 g/mol. The van der Waals surface area contributed by atoms with E-state index in [1.807, 2.05) is 4.90 Å². The molecule has 0 bridgehead atoms. The van der Waals surface area contributed by atoms with Crippen molar-refractivity contribution in [1.29, 1.82) is 0 Å². The second-order valence-electron chi connectivity index (χ2n) is 7.29. The van der Waals surface area contributed by atoms with Crippen LogP contribution in [0, 0.1) is 17.3 Å². The zero-order valence-corrected chi connectivity index (χ0v) is 13.4. The number of carbonyl (C=O) groups excluding carboxylic acids is 1. The largest absolute Gasteiger partial charge is 0.481 e. The molecule has 1 heterocycles. The number of hydrogen-bond donors (Lipinski definition) is 1. The van der Waals surface area contributed by atoms with Crippen molar-refractivity contribution in [3.05, 3.63) is 0 Å². The predicted molar refractivity (Wildman–Crippen MR) is 81.9 cm³/mol. The average Bonchev–Trinajstić information content (AvgIpc) is 2.48. The van der Waals surface area contributed by atoms with Gasteiger partial charge in [0.05, 0.1) is 5.41 Å². The summed E-state index contributed by atoms with van der Waals surface area (Å²) in [5.74, 6) is 0.664. The van der Waals surface area contributed by atoms with Crippen LogP contribution in [0.4, 0.5) is 0 Å². The van der Waals surface area contributed by atoms with Gasteiger partial charge >= 0.3 is 5.97 Å². The van der Waals surface area contributed by atoms with Gasteiger partial charge in [-0.15, -0.1) is 0 Å². The molecular formula is C17H29NO3. The molecular weight excluding hydrogens is 266 g/mol. The molecule has 21 heavy (non-hydrogen) atoms. The molecule has 2 fully saturated rings. The van der Waals surface area contributed by atoms with Crippen molar-refractivity contribution in [3.8, 4) is 0 Å². The highest BCUT2D eigenvalue weighted by atomic mass is 16.4. The van der Waals surface area contributed by atoms with E-state index in [1.165, 1.54) is 0 Å². The molecule has 0 spiro atoms. The molecule has 1 aliphatic heterocycles. The maximum absolute atomic E-state index is 12.5. The summed E-state index contributed by atoms with van der Waals surface area (Å²) in [5, 5.41) is 9.58. The van der Waals surface area contributed by atoms with E-state index in [9.17, 15) is 14.7 Å². The Morgan fingerprint density at radius 2 is 1.71 bits per heavy atom. The summed E-state index contributed by atoms with van der Waals surface area (Å²) in [5.41, 5.74) is -0.787. The van der Waals surface area contributed by atoms with Gasteiger partial charge in [0, 0.05) is 19.5 Å². The van der Waals surface area contributed by atoms with Gasteiger partial charge in [-0.25, -0.2) is 0 Å². The molecule has 2 rings (SSSR count). The Bertz CT molecular complexity index is 377. The van der Waals surface area contributed by atoms with Crippen LogP contribution in [0.2, 0.25) is 0 Å². The zero-order chi connectivity index (χ0) is 15.5. The van der Waals surface area contributed by atoms with E-state index in [0.717, 1.165) is 45.2 Å². The number of carboxylic acids is 1. The van der Waals surface area contributed by atoms with Crippen LogP contribution in [0.5, 0.6) is 0 Å². The van der Waals surface area contributed by atoms with Crippen LogP contribution in [0.3, 0.4) is 0 Å². The Hall–Kier alpha value is -1.06. The number of likely N-dealkylation sites (tertiary alicyclic amines) is 1. The van der Waals surface area contributed by atoms with Crippen molar-refractivity contribution < 1.29 is 14.7 Å². The fourth-order valence-electron chi connectivity index (χ4n) is 3.91. The maximum atomic E-state index is 12.5. The molecule has 0 atom stereocenters. The molecule has 1 aliphatic carbocycles. The molecule has 1 saturated carbocycles. The van der Waals surface area contributed by atoms with Crippen LogP contribution in [0.25, 0.3) is 0 Å². The molecule has 0 aromatic rings. The van der Waals surface area contributed by atoms with Crippen molar-refractivity contribution in [2.24, 2.45) is 17.3 Å². The summed E-state index contributed by atoms with van der Waals surface area (Å²) in [7, 11) is 0. The zero-order valence-electron chi connectivity index (χ0n) is 13.4. The Labute approximate surface area is 127 Å². The summed E-state index contributed by atoms with van der Waals surface area (Å²) in [6, 6.07) is 0. The van der Waals surface area contributed by atoms with Gasteiger partial charge in [-0.2, -0.15) is 0 Å². The van der Waals surface area contributed by atoms with Gasteiger partial charge in [-0.1, -0.05) is 33.1 Å². The Kier molecular flexibility index (Phi) is 5.28. The monoisotopic (exact) mass is 295 g/mol. The molecule has 1 saturated heterocycles. The van der Waals surface area contributed by atoms with Crippen LogP contribution < -0.4 is 0 Å². The summed E-state index contributed by atoms with van der Waals surface area (Å²) in [4.78, 5) is 26.1. The van der Waals surface area contributed by atoms with E-state index in [1.54, 1.807) is 0 Å². The fraction of sp³-hybridized carbons (Fsp3) is 0.882. The topological polar surface area (TPSA) is 57.6 Å². The van der Waals surface area contributed by atoms with Crippen molar-refractivity contribution in [1.82, 2.24) is 4.90 Å². The van der Waals surface area contributed by atoms with Gasteiger partial charge in [0.15, 0.2) is 0 Å². The lowest BCUT2D eigenvalue weighted by Gasteiger charge is -2.37. The minimum atomic E-state index is -0.787. The first-order valence-electron chi connectivity index (χ1n) is 8.46. The molecule has 4 nitrogen and oxygen atoms in total.